The second-order valence-electron chi connectivity index (χ2n) is 4.41. The van der Waals surface area contributed by atoms with E-state index in [1.54, 1.807) is 19.2 Å². The zero-order chi connectivity index (χ0) is 15.8. The van der Waals surface area contributed by atoms with Crippen molar-refractivity contribution in [1.29, 1.82) is 0 Å². The molecule has 0 saturated carbocycles. The summed E-state index contributed by atoms with van der Waals surface area (Å²) < 4.78 is 4.77. The summed E-state index contributed by atoms with van der Waals surface area (Å²) in [6.07, 6.45) is 0.744. The Bertz CT molecular complexity index is 523. The standard InChI is InChI=1S/C14H19NO5S/c1-3-20-12(19)6-4-5-11(18)15-14-13(10(17)7-16)9(2)8-21-14/h8,16H,3-7H2,1-2H3,(H,15,18). The SMILES string of the molecule is CCOC(=O)CCCC(=O)Nc1scc(C)c1C(=O)CO. The van der Waals surface area contributed by atoms with Crippen molar-refractivity contribution in [1.82, 2.24) is 0 Å². The first-order valence-electron chi connectivity index (χ1n) is 6.67. The van der Waals surface area contributed by atoms with E-state index in [0.29, 0.717) is 23.6 Å². The molecule has 1 aromatic heterocycles. The summed E-state index contributed by atoms with van der Waals surface area (Å²) >= 11 is 1.24. The average Bonchev–Trinajstić information content (AvgIpc) is 2.79. The second kappa shape index (κ2) is 8.53. The Balaban J connectivity index is 2.52. The van der Waals surface area contributed by atoms with Crippen molar-refractivity contribution in [2.45, 2.75) is 33.1 Å². The molecule has 0 spiro atoms. The van der Waals surface area contributed by atoms with Crippen molar-refractivity contribution in [2.24, 2.45) is 0 Å². The zero-order valence-electron chi connectivity index (χ0n) is 12.1. The van der Waals surface area contributed by atoms with E-state index in [-0.39, 0.29) is 24.7 Å². The number of aliphatic hydroxyl groups is 1. The number of carbonyl (C=O) groups excluding carboxylic acids is 3. The Morgan fingerprint density at radius 2 is 2.05 bits per heavy atom. The first-order valence-corrected chi connectivity index (χ1v) is 7.55. The molecule has 0 fully saturated rings. The maximum absolute atomic E-state index is 11.8. The maximum atomic E-state index is 11.8. The van der Waals surface area contributed by atoms with E-state index in [1.165, 1.54) is 11.3 Å². The molecule has 0 saturated heterocycles. The van der Waals surface area contributed by atoms with Crippen molar-refractivity contribution in [3.63, 3.8) is 0 Å². The molecule has 116 valence electrons. The van der Waals surface area contributed by atoms with Crippen LogP contribution in [-0.2, 0) is 14.3 Å². The Morgan fingerprint density at radius 3 is 2.67 bits per heavy atom. The van der Waals surface area contributed by atoms with Gasteiger partial charge in [-0.05, 0) is 31.2 Å². The van der Waals surface area contributed by atoms with Crippen LogP contribution in [0.2, 0.25) is 0 Å². The van der Waals surface area contributed by atoms with Crippen molar-refractivity contribution in [2.75, 3.05) is 18.5 Å². The molecule has 0 aliphatic carbocycles. The molecule has 1 amide bonds. The number of ketones is 1. The van der Waals surface area contributed by atoms with Crippen LogP contribution in [-0.4, -0.2) is 36.0 Å². The fourth-order valence-electron chi connectivity index (χ4n) is 1.78. The van der Waals surface area contributed by atoms with Gasteiger partial charge in [0, 0.05) is 12.8 Å². The average molecular weight is 313 g/mol. The highest BCUT2D eigenvalue weighted by molar-refractivity contribution is 7.15. The highest BCUT2D eigenvalue weighted by atomic mass is 32.1. The number of ether oxygens (including phenoxy) is 1. The number of esters is 1. The lowest BCUT2D eigenvalue weighted by Gasteiger charge is -2.06. The van der Waals surface area contributed by atoms with Crippen LogP contribution in [0.3, 0.4) is 0 Å². The number of nitrogens with one attached hydrogen (secondary N) is 1. The van der Waals surface area contributed by atoms with E-state index in [4.69, 9.17) is 9.84 Å². The molecule has 2 N–H and O–H groups in total. The molecule has 1 aromatic rings. The molecule has 1 rings (SSSR count). The third-order valence-corrected chi connectivity index (χ3v) is 3.75. The van der Waals surface area contributed by atoms with Gasteiger partial charge in [-0.1, -0.05) is 0 Å². The van der Waals surface area contributed by atoms with Crippen LogP contribution in [0.5, 0.6) is 0 Å². The van der Waals surface area contributed by atoms with Gasteiger partial charge in [0.1, 0.15) is 11.6 Å². The first-order chi connectivity index (χ1) is 9.99. The highest BCUT2D eigenvalue weighted by Crippen LogP contribution is 2.28. The molecule has 1 heterocycles. The molecule has 21 heavy (non-hydrogen) atoms. The molecule has 0 aliphatic rings. The van der Waals surface area contributed by atoms with Gasteiger partial charge in [-0.2, -0.15) is 0 Å². The predicted octanol–water partition coefficient (Wildman–Crippen LogP) is 1.90. The molecule has 6 nitrogen and oxygen atoms in total. The number of thiophene rings is 1. The summed E-state index contributed by atoms with van der Waals surface area (Å²) in [5.74, 6) is -1.02. The molecule has 0 aliphatic heterocycles. The molecule has 0 unspecified atom stereocenters. The number of hydrogen-bond acceptors (Lipinski definition) is 6. The van der Waals surface area contributed by atoms with E-state index in [2.05, 4.69) is 5.32 Å². The van der Waals surface area contributed by atoms with E-state index in [1.807, 2.05) is 0 Å². The fourth-order valence-corrected chi connectivity index (χ4v) is 2.76. The molecular weight excluding hydrogens is 294 g/mol. The third-order valence-electron chi connectivity index (χ3n) is 2.74. The van der Waals surface area contributed by atoms with Crippen LogP contribution >= 0.6 is 11.3 Å². The summed E-state index contributed by atoms with van der Waals surface area (Å²) in [5.41, 5.74) is 1.07. The van der Waals surface area contributed by atoms with Crippen LogP contribution < -0.4 is 5.32 Å². The highest BCUT2D eigenvalue weighted by Gasteiger charge is 2.17. The normalized spacial score (nSPS) is 10.2. The van der Waals surface area contributed by atoms with Gasteiger partial charge in [0.2, 0.25) is 5.91 Å². The van der Waals surface area contributed by atoms with Crippen molar-refractivity contribution in [3.05, 3.63) is 16.5 Å². The minimum Gasteiger partial charge on any atom is -0.466 e. The Kier molecular flexibility index (Phi) is 7.04. The number of rotatable bonds is 8. The number of Topliss-reactive ketones (excluding diaryl/α,β-unsaturated/α-hetero) is 1. The number of carbonyl (C=O) groups is 3. The fraction of sp³-hybridized carbons (Fsp3) is 0.500. The maximum Gasteiger partial charge on any atom is 0.305 e. The van der Waals surface area contributed by atoms with Crippen molar-refractivity contribution >= 4 is 34.0 Å². The summed E-state index contributed by atoms with van der Waals surface area (Å²) in [5, 5.41) is 13.8. The summed E-state index contributed by atoms with van der Waals surface area (Å²) in [6.45, 7) is 3.20. The molecule has 0 atom stereocenters. The van der Waals surface area contributed by atoms with E-state index >= 15 is 0 Å². The van der Waals surface area contributed by atoms with Crippen LogP contribution in [0.1, 0.15) is 42.1 Å². The predicted molar refractivity (Wildman–Crippen MR) is 79.6 cm³/mol. The van der Waals surface area contributed by atoms with Gasteiger partial charge < -0.3 is 15.2 Å². The summed E-state index contributed by atoms with van der Waals surface area (Å²) in [4.78, 5) is 34.6. The van der Waals surface area contributed by atoms with Crippen molar-refractivity contribution < 1.29 is 24.2 Å². The van der Waals surface area contributed by atoms with Gasteiger partial charge in [0.25, 0.3) is 0 Å². The van der Waals surface area contributed by atoms with Gasteiger partial charge >= 0.3 is 5.97 Å². The lowest BCUT2D eigenvalue weighted by Crippen LogP contribution is -2.15. The number of aliphatic hydroxyl groups excluding tert-OH is 1. The minimum absolute atomic E-state index is 0.169. The van der Waals surface area contributed by atoms with E-state index in [9.17, 15) is 14.4 Å². The number of anilines is 1. The Hall–Kier alpha value is -1.73. The van der Waals surface area contributed by atoms with Gasteiger partial charge in [-0.3, -0.25) is 14.4 Å². The van der Waals surface area contributed by atoms with Gasteiger partial charge in [0.05, 0.1) is 12.2 Å². The number of hydrogen-bond donors (Lipinski definition) is 2. The number of amides is 1. The summed E-state index contributed by atoms with van der Waals surface area (Å²) in [7, 11) is 0. The molecule has 0 aromatic carbocycles. The molecule has 0 radical (unpaired) electrons. The molecular formula is C14H19NO5S. The van der Waals surface area contributed by atoms with Crippen LogP contribution in [0, 0.1) is 6.92 Å². The van der Waals surface area contributed by atoms with Gasteiger partial charge in [-0.25, -0.2) is 0 Å². The van der Waals surface area contributed by atoms with Crippen LogP contribution in [0.4, 0.5) is 5.00 Å². The lowest BCUT2D eigenvalue weighted by molar-refractivity contribution is -0.143. The lowest BCUT2D eigenvalue weighted by atomic mass is 10.1. The van der Waals surface area contributed by atoms with E-state index in [0.717, 1.165) is 5.56 Å². The van der Waals surface area contributed by atoms with Crippen LogP contribution in [0.25, 0.3) is 0 Å². The zero-order valence-corrected chi connectivity index (χ0v) is 12.9. The van der Waals surface area contributed by atoms with E-state index < -0.39 is 12.4 Å². The van der Waals surface area contributed by atoms with Crippen molar-refractivity contribution in [3.8, 4) is 0 Å². The van der Waals surface area contributed by atoms with Crippen LogP contribution in [0.15, 0.2) is 5.38 Å². The van der Waals surface area contributed by atoms with Gasteiger partial charge in [-0.15, -0.1) is 11.3 Å². The summed E-state index contributed by atoms with van der Waals surface area (Å²) in [6, 6.07) is 0. The Labute approximate surface area is 127 Å². The minimum atomic E-state index is -0.594. The topological polar surface area (TPSA) is 92.7 Å². The largest absolute Gasteiger partial charge is 0.466 e. The third kappa shape index (κ3) is 5.28. The second-order valence-corrected chi connectivity index (χ2v) is 5.29. The molecule has 7 heteroatoms. The molecule has 0 bridgehead atoms. The number of aryl methyl sites for hydroxylation is 1. The quantitative estimate of drug-likeness (QED) is 0.565. The first kappa shape index (κ1) is 17.3. The van der Waals surface area contributed by atoms with Gasteiger partial charge in [0.15, 0.2) is 5.78 Å². The smallest absolute Gasteiger partial charge is 0.305 e. The Morgan fingerprint density at radius 1 is 1.33 bits per heavy atom. The monoisotopic (exact) mass is 313 g/mol.